The van der Waals surface area contributed by atoms with E-state index in [1.807, 2.05) is 18.7 Å². The summed E-state index contributed by atoms with van der Waals surface area (Å²) in [4.78, 5) is 16.9. The number of nitrogens with one attached hydrogen (secondary N) is 1. The molecule has 2 amide bonds. The highest BCUT2D eigenvalue weighted by atomic mass is 16.5. The molecule has 0 aromatic heterocycles. The zero-order valence-corrected chi connectivity index (χ0v) is 15.8. The second kappa shape index (κ2) is 7.75. The van der Waals surface area contributed by atoms with Gasteiger partial charge < -0.3 is 15.0 Å². The minimum absolute atomic E-state index is 0.0634. The third-order valence-corrected chi connectivity index (χ3v) is 5.12. The van der Waals surface area contributed by atoms with Crippen LogP contribution < -0.4 is 5.32 Å². The standard InChI is InChI=1S/C20H31N3O2/c1-16-5-4-6-17(13-16)14-22-9-7-18(8-10-22)21-19(24)23-11-12-25-20(2,3)15-23/h4-6,13,18H,7-12,14-15H2,1-3H3,(H,21,24). The average Bonchev–Trinajstić information content (AvgIpc) is 2.56. The number of benzene rings is 1. The van der Waals surface area contributed by atoms with E-state index in [-0.39, 0.29) is 17.7 Å². The first kappa shape index (κ1) is 18.2. The van der Waals surface area contributed by atoms with E-state index in [0.29, 0.717) is 19.7 Å². The van der Waals surface area contributed by atoms with Gasteiger partial charge in [0.2, 0.25) is 0 Å². The minimum Gasteiger partial charge on any atom is -0.372 e. The molecular weight excluding hydrogens is 314 g/mol. The molecule has 0 saturated carbocycles. The third kappa shape index (κ3) is 5.19. The molecule has 0 atom stereocenters. The number of morpholine rings is 1. The van der Waals surface area contributed by atoms with Crippen molar-refractivity contribution < 1.29 is 9.53 Å². The topological polar surface area (TPSA) is 44.8 Å². The number of carbonyl (C=O) groups excluding carboxylic acids is 1. The Hall–Kier alpha value is -1.59. The molecular formula is C20H31N3O2. The van der Waals surface area contributed by atoms with Crippen LogP contribution in [0.15, 0.2) is 24.3 Å². The average molecular weight is 345 g/mol. The Labute approximate surface area is 151 Å². The van der Waals surface area contributed by atoms with Gasteiger partial charge in [0.25, 0.3) is 0 Å². The van der Waals surface area contributed by atoms with Gasteiger partial charge >= 0.3 is 6.03 Å². The molecule has 2 saturated heterocycles. The number of nitrogens with zero attached hydrogens (tertiary/aromatic N) is 2. The molecule has 0 unspecified atom stereocenters. The van der Waals surface area contributed by atoms with E-state index in [1.165, 1.54) is 11.1 Å². The van der Waals surface area contributed by atoms with E-state index in [4.69, 9.17) is 4.74 Å². The van der Waals surface area contributed by atoms with E-state index in [9.17, 15) is 4.79 Å². The zero-order valence-electron chi connectivity index (χ0n) is 15.8. The molecule has 2 heterocycles. The normalized spacial score (nSPS) is 22.0. The minimum atomic E-state index is -0.243. The van der Waals surface area contributed by atoms with Gasteiger partial charge in [-0.15, -0.1) is 0 Å². The summed E-state index contributed by atoms with van der Waals surface area (Å²) in [7, 11) is 0. The highest BCUT2D eigenvalue weighted by Crippen LogP contribution is 2.18. The van der Waals surface area contributed by atoms with Crippen molar-refractivity contribution in [2.45, 2.75) is 51.8 Å². The van der Waals surface area contributed by atoms with E-state index >= 15 is 0 Å². The first-order valence-corrected chi connectivity index (χ1v) is 9.39. The second-order valence-corrected chi connectivity index (χ2v) is 8.02. The predicted molar refractivity (Wildman–Crippen MR) is 99.6 cm³/mol. The van der Waals surface area contributed by atoms with Crippen molar-refractivity contribution in [1.29, 1.82) is 0 Å². The van der Waals surface area contributed by atoms with Gasteiger partial charge in [0, 0.05) is 32.2 Å². The number of amides is 2. The number of likely N-dealkylation sites (tertiary alicyclic amines) is 1. The van der Waals surface area contributed by atoms with Crippen molar-refractivity contribution in [2.75, 3.05) is 32.8 Å². The van der Waals surface area contributed by atoms with Crippen LogP contribution in [-0.2, 0) is 11.3 Å². The number of hydrogen-bond acceptors (Lipinski definition) is 3. The zero-order chi connectivity index (χ0) is 17.9. The molecule has 25 heavy (non-hydrogen) atoms. The van der Waals surface area contributed by atoms with Crippen molar-refractivity contribution in [2.24, 2.45) is 0 Å². The van der Waals surface area contributed by atoms with Gasteiger partial charge in [0.1, 0.15) is 0 Å². The van der Waals surface area contributed by atoms with Gasteiger partial charge in [-0.05, 0) is 39.2 Å². The summed E-state index contributed by atoms with van der Waals surface area (Å²) in [6, 6.07) is 9.06. The molecule has 1 aromatic rings. The molecule has 2 fully saturated rings. The van der Waals surface area contributed by atoms with Crippen molar-refractivity contribution in [3.63, 3.8) is 0 Å². The Balaban J connectivity index is 1.44. The fraction of sp³-hybridized carbons (Fsp3) is 0.650. The third-order valence-electron chi connectivity index (χ3n) is 5.12. The summed E-state index contributed by atoms with van der Waals surface area (Å²) in [5.41, 5.74) is 2.44. The van der Waals surface area contributed by atoms with Gasteiger partial charge in [-0.3, -0.25) is 4.90 Å². The van der Waals surface area contributed by atoms with E-state index in [1.54, 1.807) is 0 Å². The monoisotopic (exact) mass is 345 g/mol. The number of hydrogen-bond donors (Lipinski definition) is 1. The Bertz CT molecular complexity index is 594. The molecule has 1 aromatic carbocycles. The lowest BCUT2D eigenvalue weighted by Crippen LogP contribution is -2.56. The van der Waals surface area contributed by atoms with Gasteiger partial charge in [-0.25, -0.2) is 4.79 Å². The SMILES string of the molecule is Cc1cccc(CN2CCC(NC(=O)N3CCOC(C)(C)C3)CC2)c1. The van der Waals surface area contributed by atoms with Crippen molar-refractivity contribution in [3.8, 4) is 0 Å². The number of urea groups is 1. The Morgan fingerprint density at radius 3 is 2.72 bits per heavy atom. The molecule has 138 valence electrons. The summed E-state index contributed by atoms with van der Waals surface area (Å²) < 4.78 is 5.69. The highest BCUT2D eigenvalue weighted by Gasteiger charge is 2.31. The van der Waals surface area contributed by atoms with Gasteiger partial charge in [0.05, 0.1) is 18.8 Å². The molecule has 0 aliphatic carbocycles. The summed E-state index contributed by atoms with van der Waals surface area (Å²) in [6.07, 6.45) is 2.04. The van der Waals surface area contributed by atoms with Crippen LogP contribution in [0.2, 0.25) is 0 Å². The van der Waals surface area contributed by atoms with Crippen LogP contribution in [0.3, 0.4) is 0 Å². The summed E-state index contributed by atoms with van der Waals surface area (Å²) >= 11 is 0. The van der Waals surface area contributed by atoms with E-state index < -0.39 is 0 Å². The van der Waals surface area contributed by atoms with Crippen LogP contribution in [-0.4, -0.2) is 60.3 Å². The number of ether oxygens (including phenoxy) is 1. The number of carbonyl (C=O) groups is 1. The lowest BCUT2D eigenvalue weighted by molar-refractivity contribution is -0.0736. The maximum absolute atomic E-state index is 12.5. The molecule has 0 radical (unpaired) electrons. The molecule has 2 aliphatic rings. The highest BCUT2D eigenvalue weighted by molar-refractivity contribution is 5.74. The first-order chi connectivity index (χ1) is 11.9. The van der Waals surface area contributed by atoms with Crippen LogP contribution in [0.1, 0.15) is 37.8 Å². The smallest absolute Gasteiger partial charge is 0.317 e. The summed E-state index contributed by atoms with van der Waals surface area (Å²) in [5, 5.41) is 3.22. The number of aryl methyl sites for hydroxylation is 1. The second-order valence-electron chi connectivity index (χ2n) is 8.02. The van der Waals surface area contributed by atoms with Crippen LogP contribution >= 0.6 is 0 Å². The van der Waals surface area contributed by atoms with Gasteiger partial charge in [0.15, 0.2) is 0 Å². The fourth-order valence-electron chi connectivity index (χ4n) is 3.76. The van der Waals surface area contributed by atoms with Gasteiger partial charge in [-0.2, -0.15) is 0 Å². The van der Waals surface area contributed by atoms with Crippen molar-refractivity contribution in [3.05, 3.63) is 35.4 Å². The Morgan fingerprint density at radius 1 is 1.28 bits per heavy atom. The Morgan fingerprint density at radius 2 is 2.04 bits per heavy atom. The maximum Gasteiger partial charge on any atom is 0.317 e. The molecule has 0 spiro atoms. The molecule has 2 aliphatic heterocycles. The molecule has 1 N–H and O–H groups in total. The van der Waals surface area contributed by atoms with Gasteiger partial charge in [-0.1, -0.05) is 29.8 Å². The number of piperidine rings is 1. The molecule has 5 nitrogen and oxygen atoms in total. The van der Waals surface area contributed by atoms with Crippen molar-refractivity contribution >= 4 is 6.03 Å². The first-order valence-electron chi connectivity index (χ1n) is 9.39. The fourth-order valence-corrected chi connectivity index (χ4v) is 3.76. The van der Waals surface area contributed by atoms with Crippen LogP contribution in [0.25, 0.3) is 0 Å². The molecule has 0 bridgehead atoms. The lowest BCUT2D eigenvalue weighted by atomic mass is 10.0. The quantitative estimate of drug-likeness (QED) is 0.916. The van der Waals surface area contributed by atoms with E-state index in [0.717, 1.165) is 32.5 Å². The molecule has 5 heteroatoms. The largest absolute Gasteiger partial charge is 0.372 e. The summed E-state index contributed by atoms with van der Waals surface area (Å²) in [5.74, 6) is 0. The number of rotatable bonds is 3. The maximum atomic E-state index is 12.5. The van der Waals surface area contributed by atoms with Crippen molar-refractivity contribution in [1.82, 2.24) is 15.1 Å². The van der Waals surface area contributed by atoms with E-state index in [2.05, 4.69) is 41.4 Å². The Kier molecular flexibility index (Phi) is 5.64. The lowest BCUT2D eigenvalue weighted by Gasteiger charge is -2.39. The van der Waals surface area contributed by atoms with Crippen LogP contribution in [0, 0.1) is 6.92 Å². The van der Waals surface area contributed by atoms with Crippen LogP contribution in [0.4, 0.5) is 4.79 Å². The van der Waals surface area contributed by atoms with Crippen LogP contribution in [0.5, 0.6) is 0 Å². The molecule has 3 rings (SSSR count). The summed E-state index contributed by atoms with van der Waals surface area (Å²) in [6.45, 7) is 11.2. The predicted octanol–water partition coefficient (Wildman–Crippen LogP) is 2.78.